The van der Waals surface area contributed by atoms with Gasteiger partial charge in [0.1, 0.15) is 5.75 Å². The molecule has 0 unspecified atom stereocenters. The summed E-state index contributed by atoms with van der Waals surface area (Å²) >= 11 is 7.66. The second kappa shape index (κ2) is 6.19. The van der Waals surface area contributed by atoms with E-state index in [0.717, 1.165) is 47.4 Å². The van der Waals surface area contributed by atoms with Gasteiger partial charge in [-0.25, -0.2) is 4.98 Å². The topological polar surface area (TPSA) is 64.2 Å². The van der Waals surface area contributed by atoms with E-state index < -0.39 is 0 Å². The first kappa shape index (κ1) is 15.1. The van der Waals surface area contributed by atoms with Crippen LogP contribution in [-0.2, 0) is 29.9 Å². The van der Waals surface area contributed by atoms with Gasteiger partial charge in [-0.2, -0.15) is 0 Å². The highest BCUT2D eigenvalue weighted by Gasteiger charge is 2.19. The monoisotopic (exact) mass is 350 g/mol. The molecule has 0 amide bonds. The Morgan fingerprint density at radius 1 is 1.35 bits per heavy atom. The van der Waals surface area contributed by atoms with Crippen molar-refractivity contribution in [2.75, 3.05) is 6.79 Å². The third-order valence-corrected chi connectivity index (χ3v) is 5.18. The van der Waals surface area contributed by atoms with Gasteiger partial charge in [-0.1, -0.05) is 23.4 Å². The number of aromatic amines is 1. The highest BCUT2D eigenvalue weighted by molar-refractivity contribution is 7.98. The minimum Gasteiger partial charge on any atom is -0.467 e. The number of halogens is 1. The maximum atomic E-state index is 12.1. The normalized spacial score (nSPS) is 15.9. The van der Waals surface area contributed by atoms with E-state index in [1.54, 1.807) is 0 Å². The van der Waals surface area contributed by atoms with Gasteiger partial charge in [0.05, 0.1) is 12.3 Å². The van der Waals surface area contributed by atoms with Crippen LogP contribution in [0.1, 0.15) is 28.8 Å². The molecule has 2 aliphatic rings. The molecular weight excluding hydrogens is 336 g/mol. The number of hydrogen-bond acceptors (Lipinski definition) is 5. The van der Waals surface area contributed by atoms with Gasteiger partial charge in [0.25, 0.3) is 5.56 Å². The first-order valence-electron chi connectivity index (χ1n) is 7.47. The van der Waals surface area contributed by atoms with Gasteiger partial charge in [0, 0.05) is 27.5 Å². The highest BCUT2D eigenvalue weighted by Crippen LogP contribution is 2.35. The quantitative estimate of drug-likeness (QED) is 0.680. The van der Waals surface area contributed by atoms with E-state index >= 15 is 0 Å². The van der Waals surface area contributed by atoms with Gasteiger partial charge in [-0.3, -0.25) is 4.79 Å². The molecule has 4 rings (SSSR count). The zero-order valence-electron chi connectivity index (χ0n) is 12.4. The minimum absolute atomic E-state index is 0.00669. The lowest BCUT2D eigenvalue weighted by molar-refractivity contribution is -0.0168. The van der Waals surface area contributed by atoms with Crippen molar-refractivity contribution in [2.45, 2.75) is 36.8 Å². The summed E-state index contributed by atoms with van der Waals surface area (Å²) in [4.78, 5) is 19.5. The number of ether oxygens (including phenoxy) is 2. The molecule has 1 aliphatic heterocycles. The van der Waals surface area contributed by atoms with Gasteiger partial charge in [-0.15, -0.1) is 0 Å². The van der Waals surface area contributed by atoms with Gasteiger partial charge in [-0.05, 0) is 31.4 Å². The first-order chi connectivity index (χ1) is 11.2. The van der Waals surface area contributed by atoms with Crippen molar-refractivity contribution in [3.8, 4) is 5.75 Å². The maximum absolute atomic E-state index is 12.1. The van der Waals surface area contributed by atoms with Crippen LogP contribution in [0.15, 0.2) is 22.1 Å². The Labute approximate surface area is 142 Å². The van der Waals surface area contributed by atoms with E-state index in [2.05, 4.69) is 9.97 Å². The molecule has 1 aromatic heterocycles. The van der Waals surface area contributed by atoms with Crippen molar-refractivity contribution < 1.29 is 9.47 Å². The van der Waals surface area contributed by atoms with E-state index in [1.165, 1.54) is 11.8 Å². The molecule has 0 atom stereocenters. The van der Waals surface area contributed by atoms with Crippen LogP contribution in [0.5, 0.6) is 5.75 Å². The first-order valence-corrected chi connectivity index (χ1v) is 8.84. The minimum atomic E-state index is -0.00669. The highest BCUT2D eigenvalue weighted by atomic mass is 35.5. The van der Waals surface area contributed by atoms with Crippen LogP contribution in [0, 0.1) is 0 Å². The van der Waals surface area contributed by atoms with E-state index in [9.17, 15) is 4.79 Å². The van der Waals surface area contributed by atoms with Crippen molar-refractivity contribution in [1.82, 2.24) is 9.97 Å². The van der Waals surface area contributed by atoms with E-state index in [4.69, 9.17) is 21.1 Å². The lowest BCUT2D eigenvalue weighted by Crippen LogP contribution is -2.15. The molecule has 2 aromatic rings. The van der Waals surface area contributed by atoms with Gasteiger partial charge >= 0.3 is 0 Å². The molecule has 0 saturated carbocycles. The molecule has 1 N–H and O–H groups in total. The molecule has 1 aromatic carbocycles. The molecule has 0 saturated heterocycles. The Balaban J connectivity index is 1.59. The number of hydrogen-bond donors (Lipinski definition) is 1. The summed E-state index contributed by atoms with van der Waals surface area (Å²) in [6.45, 7) is 0.752. The predicted octanol–water partition coefficient (Wildman–Crippen LogP) is 3.07. The summed E-state index contributed by atoms with van der Waals surface area (Å²) in [5.41, 5.74) is 3.72. The lowest BCUT2D eigenvalue weighted by atomic mass is 10.1. The molecule has 0 spiro atoms. The summed E-state index contributed by atoms with van der Waals surface area (Å²) in [7, 11) is 0. The fourth-order valence-electron chi connectivity index (χ4n) is 3.00. The summed E-state index contributed by atoms with van der Waals surface area (Å²) in [5.74, 6) is 1.46. The Hall–Kier alpha value is -1.50. The second-order valence-electron chi connectivity index (χ2n) is 5.60. The van der Waals surface area contributed by atoms with E-state index in [0.29, 0.717) is 22.5 Å². The zero-order valence-corrected chi connectivity index (χ0v) is 13.9. The number of rotatable bonds is 3. The van der Waals surface area contributed by atoms with Crippen LogP contribution in [0.2, 0.25) is 5.02 Å². The predicted molar refractivity (Wildman–Crippen MR) is 88.2 cm³/mol. The third kappa shape index (κ3) is 2.98. The number of nitrogens with zero attached hydrogens (tertiary/aromatic N) is 1. The van der Waals surface area contributed by atoms with Crippen molar-refractivity contribution in [3.05, 3.63) is 49.9 Å². The molecule has 5 nitrogen and oxygen atoms in total. The van der Waals surface area contributed by atoms with Crippen LogP contribution in [0.3, 0.4) is 0 Å². The number of thioether (sulfide) groups is 1. The molecule has 7 heteroatoms. The molecule has 1 aliphatic carbocycles. The summed E-state index contributed by atoms with van der Waals surface area (Å²) < 4.78 is 10.9. The Kier molecular flexibility index (Phi) is 4.05. The lowest BCUT2D eigenvalue weighted by Gasteiger charge is -2.21. The van der Waals surface area contributed by atoms with Gasteiger partial charge in [0.15, 0.2) is 11.9 Å². The zero-order chi connectivity index (χ0) is 15.8. The summed E-state index contributed by atoms with van der Waals surface area (Å²) in [5, 5.41) is 1.31. The number of nitrogens with one attached hydrogen (secondary N) is 1. The molecular formula is C16H15ClN2O3S. The summed E-state index contributed by atoms with van der Waals surface area (Å²) in [6.07, 6.45) is 2.73. The molecule has 2 heterocycles. The number of aryl methyl sites for hydroxylation is 1. The second-order valence-corrected chi connectivity index (χ2v) is 7.00. The molecule has 23 heavy (non-hydrogen) atoms. The number of benzene rings is 1. The van der Waals surface area contributed by atoms with Crippen LogP contribution in [0.25, 0.3) is 0 Å². The van der Waals surface area contributed by atoms with Crippen LogP contribution >= 0.6 is 23.4 Å². The van der Waals surface area contributed by atoms with Crippen molar-refractivity contribution in [3.63, 3.8) is 0 Å². The SMILES string of the molecule is O=c1[nH]c(SCc2cc(Cl)cc3c2OCOC3)nc2c1CCC2. The number of fused-ring (bicyclic) bond motifs is 2. The average Bonchev–Trinajstić information content (AvgIpc) is 3.01. The molecule has 0 fully saturated rings. The maximum Gasteiger partial charge on any atom is 0.254 e. The Bertz CT molecular complexity index is 822. The van der Waals surface area contributed by atoms with Crippen LogP contribution in [-0.4, -0.2) is 16.8 Å². The Morgan fingerprint density at radius 3 is 3.17 bits per heavy atom. The fourth-order valence-corrected chi connectivity index (χ4v) is 4.11. The summed E-state index contributed by atoms with van der Waals surface area (Å²) in [6, 6.07) is 3.75. The number of aromatic nitrogens is 2. The average molecular weight is 351 g/mol. The smallest absolute Gasteiger partial charge is 0.254 e. The third-order valence-electron chi connectivity index (χ3n) is 4.04. The van der Waals surface area contributed by atoms with Gasteiger partial charge < -0.3 is 14.5 Å². The van der Waals surface area contributed by atoms with Gasteiger partial charge in [0.2, 0.25) is 0 Å². The number of H-pyrrole nitrogens is 1. The van der Waals surface area contributed by atoms with Crippen LogP contribution < -0.4 is 10.3 Å². The molecule has 0 radical (unpaired) electrons. The van der Waals surface area contributed by atoms with Crippen molar-refractivity contribution in [1.29, 1.82) is 0 Å². The van der Waals surface area contributed by atoms with E-state index in [-0.39, 0.29) is 12.4 Å². The standard InChI is InChI=1S/C16H15ClN2O3S/c17-11-4-9-6-21-8-22-14(9)10(5-11)7-23-16-18-13-3-1-2-12(13)15(20)19-16/h4-5H,1-3,6-8H2,(H,18,19,20). The molecule has 0 bridgehead atoms. The molecule has 120 valence electrons. The van der Waals surface area contributed by atoms with Crippen molar-refractivity contribution >= 4 is 23.4 Å². The van der Waals surface area contributed by atoms with Crippen LogP contribution in [0.4, 0.5) is 0 Å². The van der Waals surface area contributed by atoms with E-state index in [1.807, 2.05) is 12.1 Å². The van der Waals surface area contributed by atoms with Crippen molar-refractivity contribution in [2.24, 2.45) is 0 Å². The largest absolute Gasteiger partial charge is 0.467 e. The fraction of sp³-hybridized carbons (Fsp3) is 0.375. The Morgan fingerprint density at radius 2 is 2.26 bits per heavy atom.